The third kappa shape index (κ3) is 2.41. The second-order valence-electron chi connectivity index (χ2n) is 4.20. The first-order valence-corrected chi connectivity index (χ1v) is 6.23. The van der Waals surface area contributed by atoms with Crippen molar-refractivity contribution in [2.45, 2.75) is 27.3 Å². The summed E-state index contributed by atoms with van der Waals surface area (Å²) >= 11 is 3.19. The van der Waals surface area contributed by atoms with Crippen LogP contribution in [0.5, 0.6) is 0 Å². The van der Waals surface area contributed by atoms with Crippen molar-refractivity contribution in [2.75, 3.05) is 0 Å². The van der Waals surface area contributed by atoms with Crippen LogP contribution in [0.15, 0.2) is 22.7 Å². The first-order chi connectivity index (χ1) is 7.99. The van der Waals surface area contributed by atoms with E-state index >= 15 is 0 Å². The second-order valence-corrected chi connectivity index (χ2v) is 5.06. The van der Waals surface area contributed by atoms with E-state index < -0.39 is 0 Å². The van der Waals surface area contributed by atoms with E-state index in [0.29, 0.717) is 11.0 Å². The minimum Gasteiger partial charge on any atom is -0.265 e. The van der Waals surface area contributed by atoms with Gasteiger partial charge in [-0.25, -0.2) is 4.39 Å². The molecular formula is C13H14BrFN2. The molecule has 0 spiro atoms. The van der Waals surface area contributed by atoms with Crippen molar-refractivity contribution < 1.29 is 4.39 Å². The number of halogens is 2. The maximum absolute atomic E-state index is 13.1. The van der Waals surface area contributed by atoms with Crippen LogP contribution in [0.2, 0.25) is 0 Å². The van der Waals surface area contributed by atoms with Crippen LogP contribution >= 0.6 is 15.9 Å². The van der Waals surface area contributed by atoms with E-state index in [-0.39, 0.29) is 5.82 Å². The maximum atomic E-state index is 13.1. The molecule has 17 heavy (non-hydrogen) atoms. The number of benzene rings is 1. The Morgan fingerprint density at radius 2 is 2.00 bits per heavy atom. The monoisotopic (exact) mass is 296 g/mol. The van der Waals surface area contributed by atoms with Crippen molar-refractivity contribution in [3.05, 3.63) is 51.0 Å². The minimum atomic E-state index is -0.238. The Hall–Kier alpha value is -1.16. The lowest BCUT2D eigenvalue weighted by Gasteiger charge is -2.06. The van der Waals surface area contributed by atoms with E-state index in [1.54, 1.807) is 12.1 Å². The molecule has 0 radical (unpaired) electrons. The molecule has 0 aliphatic rings. The predicted octanol–water partition coefficient (Wildman–Crippen LogP) is 3.76. The fourth-order valence-corrected chi connectivity index (χ4v) is 2.18. The van der Waals surface area contributed by atoms with Gasteiger partial charge in [-0.15, -0.1) is 0 Å². The van der Waals surface area contributed by atoms with Crippen molar-refractivity contribution in [2.24, 2.45) is 0 Å². The fraction of sp³-hybridized carbons (Fsp3) is 0.308. The Morgan fingerprint density at radius 3 is 2.53 bits per heavy atom. The summed E-state index contributed by atoms with van der Waals surface area (Å²) in [4.78, 5) is 0. The molecule has 0 bridgehead atoms. The Bertz CT molecular complexity index is 561. The van der Waals surface area contributed by atoms with Gasteiger partial charge in [0.25, 0.3) is 0 Å². The summed E-state index contributed by atoms with van der Waals surface area (Å²) in [6.07, 6.45) is 0. The van der Waals surface area contributed by atoms with Gasteiger partial charge in [0.1, 0.15) is 5.82 Å². The molecule has 90 valence electrons. The number of hydrogen-bond donors (Lipinski definition) is 0. The highest BCUT2D eigenvalue weighted by molar-refractivity contribution is 9.10. The number of hydrogen-bond acceptors (Lipinski definition) is 1. The third-order valence-corrected chi connectivity index (χ3v) is 3.67. The lowest BCUT2D eigenvalue weighted by molar-refractivity contribution is 0.616. The summed E-state index contributed by atoms with van der Waals surface area (Å²) in [5.74, 6) is -0.238. The van der Waals surface area contributed by atoms with Crippen molar-refractivity contribution in [3.63, 3.8) is 0 Å². The Kier molecular flexibility index (Phi) is 3.33. The van der Waals surface area contributed by atoms with E-state index in [1.807, 2.05) is 18.5 Å². The topological polar surface area (TPSA) is 17.8 Å². The molecule has 1 aromatic carbocycles. The van der Waals surface area contributed by atoms with Crippen LogP contribution in [0.1, 0.15) is 22.5 Å². The van der Waals surface area contributed by atoms with Gasteiger partial charge in [0.05, 0.1) is 16.7 Å². The average Bonchev–Trinajstić information content (AvgIpc) is 2.52. The van der Waals surface area contributed by atoms with Crippen molar-refractivity contribution in [3.8, 4) is 0 Å². The zero-order chi connectivity index (χ0) is 12.6. The molecule has 0 atom stereocenters. The van der Waals surface area contributed by atoms with Gasteiger partial charge in [0.15, 0.2) is 0 Å². The molecule has 1 heterocycles. The Morgan fingerprint density at radius 1 is 1.29 bits per heavy atom. The lowest BCUT2D eigenvalue weighted by atomic mass is 10.2. The van der Waals surface area contributed by atoms with Crippen LogP contribution in [0.3, 0.4) is 0 Å². The van der Waals surface area contributed by atoms with Gasteiger partial charge in [0.2, 0.25) is 0 Å². The van der Waals surface area contributed by atoms with Crippen LogP contribution in [-0.2, 0) is 6.54 Å². The molecule has 0 unspecified atom stereocenters. The van der Waals surface area contributed by atoms with E-state index in [9.17, 15) is 4.39 Å². The quantitative estimate of drug-likeness (QED) is 0.825. The molecule has 2 rings (SSSR count). The predicted molar refractivity (Wildman–Crippen MR) is 69.6 cm³/mol. The molecule has 0 aliphatic carbocycles. The molecule has 1 aromatic heterocycles. The first-order valence-electron chi connectivity index (χ1n) is 5.43. The highest BCUT2D eigenvalue weighted by Gasteiger charge is 2.08. The van der Waals surface area contributed by atoms with Crippen LogP contribution < -0.4 is 0 Å². The Labute approximate surface area is 109 Å². The summed E-state index contributed by atoms with van der Waals surface area (Å²) in [5.41, 5.74) is 4.45. The molecule has 0 aliphatic heterocycles. The van der Waals surface area contributed by atoms with Gasteiger partial charge in [-0.3, -0.25) is 4.68 Å². The van der Waals surface area contributed by atoms with Crippen molar-refractivity contribution in [1.29, 1.82) is 0 Å². The largest absolute Gasteiger partial charge is 0.265 e. The lowest BCUT2D eigenvalue weighted by Crippen LogP contribution is -2.04. The number of nitrogens with zero attached hydrogens (tertiary/aromatic N) is 2. The smallest absolute Gasteiger partial charge is 0.137 e. The average molecular weight is 297 g/mol. The van der Waals surface area contributed by atoms with Crippen LogP contribution in [0.4, 0.5) is 4.39 Å². The Balaban J connectivity index is 2.31. The number of rotatable bonds is 2. The van der Waals surface area contributed by atoms with Crippen LogP contribution in [0, 0.1) is 26.6 Å². The third-order valence-electron chi connectivity index (χ3n) is 3.06. The van der Waals surface area contributed by atoms with Crippen LogP contribution in [-0.4, -0.2) is 9.78 Å². The minimum absolute atomic E-state index is 0.238. The highest BCUT2D eigenvalue weighted by Crippen LogP contribution is 2.19. The van der Waals surface area contributed by atoms with E-state index in [0.717, 1.165) is 17.0 Å². The second kappa shape index (κ2) is 4.61. The van der Waals surface area contributed by atoms with Gasteiger partial charge >= 0.3 is 0 Å². The fourth-order valence-electron chi connectivity index (χ4n) is 1.75. The first kappa shape index (κ1) is 12.3. The SMILES string of the molecule is Cc1nn(Cc2ccc(F)c(Br)c2)c(C)c1C. The molecule has 2 aromatic rings. The highest BCUT2D eigenvalue weighted by atomic mass is 79.9. The van der Waals surface area contributed by atoms with Gasteiger partial charge in [-0.1, -0.05) is 6.07 Å². The van der Waals surface area contributed by atoms with Gasteiger partial charge in [0, 0.05) is 5.69 Å². The summed E-state index contributed by atoms with van der Waals surface area (Å²) in [5, 5.41) is 4.46. The van der Waals surface area contributed by atoms with E-state index in [1.165, 1.54) is 11.6 Å². The summed E-state index contributed by atoms with van der Waals surface area (Å²) in [6, 6.07) is 5.05. The molecular weight excluding hydrogens is 283 g/mol. The summed E-state index contributed by atoms with van der Waals surface area (Å²) in [6.45, 7) is 6.78. The van der Waals surface area contributed by atoms with Gasteiger partial charge in [-0.05, 0) is 60.0 Å². The zero-order valence-electron chi connectivity index (χ0n) is 10.1. The molecule has 2 nitrogen and oxygen atoms in total. The number of aryl methyl sites for hydroxylation is 1. The van der Waals surface area contributed by atoms with E-state index in [4.69, 9.17) is 0 Å². The van der Waals surface area contributed by atoms with Gasteiger partial charge in [-0.2, -0.15) is 5.10 Å². The normalized spacial score (nSPS) is 10.9. The molecule has 0 amide bonds. The molecule has 0 fully saturated rings. The molecule has 0 saturated heterocycles. The molecule has 0 N–H and O–H groups in total. The summed E-state index contributed by atoms with van der Waals surface area (Å²) < 4.78 is 15.6. The molecule has 4 heteroatoms. The molecule has 0 saturated carbocycles. The van der Waals surface area contributed by atoms with Gasteiger partial charge < -0.3 is 0 Å². The standard InChI is InChI=1S/C13H14BrFN2/c1-8-9(2)16-17(10(8)3)7-11-4-5-13(15)12(14)6-11/h4-6H,7H2,1-3H3. The maximum Gasteiger partial charge on any atom is 0.137 e. The van der Waals surface area contributed by atoms with Crippen LogP contribution in [0.25, 0.3) is 0 Å². The summed E-state index contributed by atoms with van der Waals surface area (Å²) in [7, 11) is 0. The zero-order valence-corrected chi connectivity index (χ0v) is 11.7. The van der Waals surface area contributed by atoms with E-state index in [2.05, 4.69) is 28.0 Å². The van der Waals surface area contributed by atoms with Crippen molar-refractivity contribution >= 4 is 15.9 Å². The number of aromatic nitrogens is 2. The van der Waals surface area contributed by atoms with Crippen molar-refractivity contribution in [1.82, 2.24) is 9.78 Å².